The highest BCUT2D eigenvalue weighted by atomic mass is 19.1. The summed E-state index contributed by atoms with van der Waals surface area (Å²) in [7, 11) is 1.56. The van der Waals surface area contributed by atoms with Gasteiger partial charge in [0.25, 0.3) is 11.8 Å². The second-order valence-corrected chi connectivity index (χ2v) is 13.5. The summed E-state index contributed by atoms with van der Waals surface area (Å²) in [5.74, 6) is -0.0959. The van der Waals surface area contributed by atoms with Gasteiger partial charge in [0.15, 0.2) is 0 Å². The summed E-state index contributed by atoms with van der Waals surface area (Å²) in [6, 6.07) is 9.34. The van der Waals surface area contributed by atoms with Crippen LogP contribution in [0.5, 0.6) is 0 Å². The fraction of sp³-hybridized carbons (Fsp3) is 0.514. The molecule has 1 saturated carbocycles. The van der Waals surface area contributed by atoms with Gasteiger partial charge in [0.05, 0.1) is 23.3 Å². The van der Waals surface area contributed by atoms with E-state index in [1.54, 1.807) is 20.2 Å². The molecule has 1 aliphatic carbocycles. The fourth-order valence-electron chi connectivity index (χ4n) is 7.45. The number of benzene rings is 1. The van der Waals surface area contributed by atoms with Gasteiger partial charge < -0.3 is 24.8 Å². The van der Waals surface area contributed by atoms with Crippen LogP contribution >= 0.6 is 0 Å². The predicted molar refractivity (Wildman–Crippen MR) is 172 cm³/mol. The van der Waals surface area contributed by atoms with Gasteiger partial charge in [-0.3, -0.25) is 9.59 Å². The number of halogens is 2. The standard InChI is InChI=1S/C35H42F2N6O3/c1-20-31(39-43-17-25(13-29(37)32(20)43)35(45)41-18-26(36)15-27(38)19-41)30-14-24-5-4-6-28(33(24)42(30)16-22-7-8-22)23-9-11-40(12-10-23)34(44)21(2)46-3/h4-6,13-14,17,21-23,26-27H,7-12,15-16,18-19,38H2,1-3H3/t21?,26-,27-/m1/s1. The Labute approximate surface area is 267 Å². The number of pyridine rings is 1. The summed E-state index contributed by atoms with van der Waals surface area (Å²) in [5, 5.41) is 5.98. The lowest BCUT2D eigenvalue weighted by Gasteiger charge is -2.34. The number of amides is 2. The number of hydrogen-bond donors (Lipinski definition) is 1. The first-order valence-corrected chi connectivity index (χ1v) is 16.4. The Balaban J connectivity index is 1.26. The second kappa shape index (κ2) is 12.1. The molecule has 3 fully saturated rings. The van der Waals surface area contributed by atoms with Crippen LogP contribution in [0.2, 0.25) is 0 Å². The van der Waals surface area contributed by atoms with Crippen LogP contribution in [0.4, 0.5) is 8.78 Å². The maximum atomic E-state index is 15.7. The second-order valence-electron chi connectivity index (χ2n) is 13.5. The molecule has 0 bridgehead atoms. The average Bonchev–Trinajstić information content (AvgIpc) is 3.71. The van der Waals surface area contributed by atoms with E-state index in [2.05, 4.69) is 28.8 Å². The van der Waals surface area contributed by atoms with Crippen molar-refractivity contribution >= 4 is 28.2 Å². The third kappa shape index (κ3) is 5.57. The van der Waals surface area contributed by atoms with Crippen molar-refractivity contribution < 1.29 is 23.1 Å². The number of carbonyl (C=O) groups excluding carboxylic acids is 2. The van der Waals surface area contributed by atoms with Crippen molar-refractivity contribution in [3.05, 3.63) is 59.0 Å². The van der Waals surface area contributed by atoms with Gasteiger partial charge >= 0.3 is 0 Å². The Morgan fingerprint density at radius 2 is 1.85 bits per heavy atom. The minimum absolute atomic E-state index is 0.0316. The number of piperidine rings is 2. The molecule has 0 spiro atoms. The summed E-state index contributed by atoms with van der Waals surface area (Å²) >= 11 is 0. The predicted octanol–water partition coefficient (Wildman–Crippen LogP) is 5.07. The van der Waals surface area contributed by atoms with E-state index >= 15 is 4.39 Å². The normalized spacial score (nSPS) is 21.8. The van der Waals surface area contributed by atoms with Gasteiger partial charge in [-0.15, -0.1) is 0 Å². The van der Waals surface area contributed by atoms with Crippen LogP contribution in [0.1, 0.15) is 66.4 Å². The lowest BCUT2D eigenvalue weighted by Crippen LogP contribution is -2.50. The molecule has 2 N–H and O–H groups in total. The number of aromatic nitrogens is 3. The number of ether oxygens (including phenoxy) is 1. The Morgan fingerprint density at radius 1 is 1.09 bits per heavy atom. The minimum Gasteiger partial charge on any atom is -0.372 e. The highest BCUT2D eigenvalue weighted by Crippen LogP contribution is 2.41. The van der Waals surface area contributed by atoms with Gasteiger partial charge in [-0.1, -0.05) is 18.2 Å². The molecule has 9 nitrogen and oxygen atoms in total. The molecule has 5 heterocycles. The molecule has 1 aromatic carbocycles. The average molecular weight is 633 g/mol. The molecule has 2 amide bonds. The maximum Gasteiger partial charge on any atom is 0.255 e. The van der Waals surface area contributed by atoms with Crippen LogP contribution in [-0.2, 0) is 16.1 Å². The first-order valence-electron chi connectivity index (χ1n) is 16.4. The van der Waals surface area contributed by atoms with Crippen molar-refractivity contribution in [1.82, 2.24) is 24.0 Å². The Kier molecular flexibility index (Phi) is 8.09. The van der Waals surface area contributed by atoms with E-state index < -0.39 is 30.0 Å². The topological polar surface area (TPSA) is 98.1 Å². The molecule has 11 heteroatoms. The number of methoxy groups -OCH3 is 1. The molecule has 244 valence electrons. The summed E-state index contributed by atoms with van der Waals surface area (Å²) in [6.45, 7) is 6.05. The van der Waals surface area contributed by atoms with Crippen LogP contribution < -0.4 is 5.73 Å². The van der Waals surface area contributed by atoms with Gasteiger partial charge in [-0.25, -0.2) is 13.3 Å². The first kappa shape index (κ1) is 30.8. The van der Waals surface area contributed by atoms with E-state index in [4.69, 9.17) is 15.6 Å². The van der Waals surface area contributed by atoms with Crippen molar-refractivity contribution in [2.75, 3.05) is 33.3 Å². The molecule has 3 atom stereocenters. The molecule has 46 heavy (non-hydrogen) atoms. The summed E-state index contributed by atoms with van der Waals surface area (Å²) in [5.41, 5.74) is 11.1. The van der Waals surface area contributed by atoms with Crippen LogP contribution in [0.15, 0.2) is 36.5 Å². The SMILES string of the molecule is COC(C)C(=O)N1CCC(c2cccc3cc(-c4nn5cc(C(=O)N6C[C@H](N)C[C@@H](F)C6)cc(F)c5c4C)n(CC4CC4)c23)CC1. The number of aryl methyl sites for hydroxylation is 1. The monoisotopic (exact) mass is 632 g/mol. The number of rotatable bonds is 7. The van der Waals surface area contributed by atoms with Gasteiger partial charge in [-0.2, -0.15) is 5.10 Å². The quantitative estimate of drug-likeness (QED) is 0.307. The molecular formula is C35H42F2N6O3. The zero-order valence-electron chi connectivity index (χ0n) is 26.7. The summed E-state index contributed by atoms with van der Waals surface area (Å²) in [4.78, 5) is 29.3. The lowest BCUT2D eigenvalue weighted by molar-refractivity contribution is -0.142. The number of carbonyl (C=O) groups is 2. The molecule has 0 radical (unpaired) electrons. The van der Waals surface area contributed by atoms with E-state index in [1.165, 1.54) is 39.4 Å². The first-order chi connectivity index (χ1) is 22.1. The Bertz CT molecular complexity index is 1790. The van der Waals surface area contributed by atoms with E-state index in [0.717, 1.165) is 30.5 Å². The highest BCUT2D eigenvalue weighted by Gasteiger charge is 2.32. The maximum absolute atomic E-state index is 15.7. The number of fused-ring (bicyclic) bond motifs is 2. The van der Waals surface area contributed by atoms with Crippen molar-refractivity contribution in [2.24, 2.45) is 11.7 Å². The van der Waals surface area contributed by atoms with Crippen molar-refractivity contribution in [2.45, 2.75) is 76.7 Å². The number of alkyl halides is 1. The molecule has 3 aliphatic rings. The van der Waals surface area contributed by atoms with Crippen LogP contribution in [0, 0.1) is 18.7 Å². The van der Waals surface area contributed by atoms with E-state index in [9.17, 15) is 14.0 Å². The van der Waals surface area contributed by atoms with E-state index in [0.29, 0.717) is 41.7 Å². The molecule has 4 aromatic rings. The van der Waals surface area contributed by atoms with E-state index in [1.807, 2.05) is 11.8 Å². The van der Waals surface area contributed by atoms with Crippen molar-refractivity contribution in [1.29, 1.82) is 0 Å². The zero-order valence-corrected chi connectivity index (χ0v) is 26.7. The Morgan fingerprint density at radius 3 is 2.54 bits per heavy atom. The fourth-order valence-corrected chi connectivity index (χ4v) is 7.45. The molecule has 3 aromatic heterocycles. The van der Waals surface area contributed by atoms with Crippen LogP contribution in [0.25, 0.3) is 27.8 Å². The molecular weight excluding hydrogens is 590 g/mol. The number of nitrogens with two attached hydrogens (primary N) is 1. The minimum atomic E-state index is -1.20. The van der Waals surface area contributed by atoms with Gasteiger partial charge in [0, 0.05) is 56.5 Å². The van der Waals surface area contributed by atoms with Crippen molar-refractivity contribution in [3.8, 4) is 11.4 Å². The molecule has 7 rings (SSSR count). The van der Waals surface area contributed by atoms with E-state index in [-0.39, 0.29) is 31.0 Å². The number of para-hydroxylation sites is 1. The highest BCUT2D eigenvalue weighted by molar-refractivity contribution is 5.95. The number of hydrogen-bond acceptors (Lipinski definition) is 5. The molecule has 1 unspecified atom stereocenters. The third-order valence-electron chi connectivity index (χ3n) is 10.2. The smallest absolute Gasteiger partial charge is 0.255 e. The molecule has 2 saturated heterocycles. The van der Waals surface area contributed by atoms with Gasteiger partial charge in [-0.05, 0) is 75.5 Å². The van der Waals surface area contributed by atoms with Gasteiger partial charge in [0.2, 0.25) is 0 Å². The molecule has 2 aliphatic heterocycles. The summed E-state index contributed by atoms with van der Waals surface area (Å²) in [6.07, 6.45) is 4.18. The Hall–Kier alpha value is -3.83. The van der Waals surface area contributed by atoms with Crippen LogP contribution in [0.3, 0.4) is 0 Å². The summed E-state index contributed by atoms with van der Waals surface area (Å²) < 4.78 is 39.0. The number of likely N-dealkylation sites (tertiary alicyclic amines) is 2. The number of nitrogens with zero attached hydrogens (tertiary/aromatic N) is 5. The van der Waals surface area contributed by atoms with Crippen molar-refractivity contribution in [3.63, 3.8) is 0 Å². The largest absolute Gasteiger partial charge is 0.372 e. The van der Waals surface area contributed by atoms with Gasteiger partial charge in [0.1, 0.15) is 29.3 Å². The van der Waals surface area contributed by atoms with Crippen LogP contribution in [-0.4, -0.2) is 87.4 Å². The third-order valence-corrected chi connectivity index (χ3v) is 10.2. The zero-order chi connectivity index (χ0) is 32.3. The lowest BCUT2D eigenvalue weighted by atomic mass is 9.88.